The normalized spacial score (nSPS) is 24.6. The van der Waals surface area contributed by atoms with Gasteiger partial charge in [0.15, 0.2) is 0 Å². The number of carbonyl (C=O) groups excluding carboxylic acids is 3. The first-order chi connectivity index (χ1) is 12.7. The van der Waals surface area contributed by atoms with Gasteiger partial charge in [-0.25, -0.2) is 9.18 Å². The monoisotopic (exact) mass is 383 g/mol. The molecule has 10 heteroatoms. The molecule has 4 rings (SSSR count). The minimum atomic E-state index is -3.87. The zero-order valence-electron chi connectivity index (χ0n) is 14.5. The number of benzene rings is 1. The Morgan fingerprint density at radius 3 is 2.78 bits per heavy atom. The van der Waals surface area contributed by atoms with Gasteiger partial charge in [-0.3, -0.25) is 14.5 Å². The molecule has 3 amide bonds. The number of fused-ring (bicyclic) bond motifs is 5. The van der Waals surface area contributed by atoms with Gasteiger partial charge in [0.05, 0.1) is 29.5 Å². The van der Waals surface area contributed by atoms with Crippen molar-refractivity contribution in [2.24, 2.45) is 0 Å². The summed E-state index contributed by atoms with van der Waals surface area (Å²) in [5.74, 6) is -6.63. The maximum Gasteiger partial charge on any atom is 0.415 e. The summed E-state index contributed by atoms with van der Waals surface area (Å²) >= 11 is 0. The van der Waals surface area contributed by atoms with E-state index in [-0.39, 0.29) is 36.5 Å². The lowest BCUT2D eigenvalue weighted by molar-refractivity contribution is -0.141. The zero-order chi connectivity index (χ0) is 19.7. The second kappa shape index (κ2) is 5.61. The first-order valence-corrected chi connectivity index (χ1v) is 8.46. The topological polar surface area (TPSA) is 79.0 Å². The van der Waals surface area contributed by atoms with Gasteiger partial charge in [0.2, 0.25) is 5.91 Å². The zero-order valence-corrected chi connectivity index (χ0v) is 14.5. The maximum absolute atomic E-state index is 14.5. The van der Waals surface area contributed by atoms with Gasteiger partial charge in [-0.1, -0.05) is 6.92 Å². The van der Waals surface area contributed by atoms with E-state index in [9.17, 15) is 27.6 Å². The minimum absolute atomic E-state index is 0.0201. The van der Waals surface area contributed by atoms with Crippen LogP contribution in [0.2, 0.25) is 0 Å². The van der Waals surface area contributed by atoms with Gasteiger partial charge >= 0.3 is 17.9 Å². The van der Waals surface area contributed by atoms with Crippen molar-refractivity contribution in [1.82, 2.24) is 5.32 Å². The van der Waals surface area contributed by atoms with E-state index in [1.54, 1.807) is 6.92 Å². The molecule has 1 saturated heterocycles. The van der Waals surface area contributed by atoms with E-state index < -0.39 is 47.1 Å². The van der Waals surface area contributed by atoms with Gasteiger partial charge in [-0.2, -0.15) is 8.78 Å². The molecule has 27 heavy (non-hydrogen) atoms. The molecule has 1 aromatic carbocycles. The summed E-state index contributed by atoms with van der Waals surface area (Å²) in [5, 5.41) is 2.60. The number of anilines is 2. The van der Waals surface area contributed by atoms with Crippen LogP contribution in [0.1, 0.15) is 24.5 Å². The fourth-order valence-corrected chi connectivity index (χ4v) is 3.97. The average molecular weight is 383 g/mol. The third-order valence-electron chi connectivity index (χ3n) is 5.26. The first-order valence-electron chi connectivity index (χ1n) is 8.46. The Bertz CT molecular complexity index is 889. The van der Waals surface area contributed by atoms with Crippen molar-refractivity contribution in [1.29, 1.82) is 0 Å². The number of nitrogens with zero attached hydrogens (tertiary/aromatic N) is 2. The van der Waals surface area contributed by atoms with E-state index in [0.29, 0.717) is 4.90 Å². The third-order valence-corrected chi connectivity index (χ3v) is 5.26. The highest BCUT2D eigenvalue weighted by molar-refractivity contribution is 6.08. The third kappa shape index (κ3) is 2.25. The fraction of sp³-hybridized carbons (Fsp3) is 0.471. The Balaban J connectivity index is 1.75. The molecule has 3 aliphatic rings. The lowest BCUT2D eigenvalue weighted by Gasteiger charge is -2.17. The average Bonchev–Trinajstić information content (AvgIpc) is 3.19. The van der Waals surface area contributed by atoms with Crippen molar-refractivity contribution in [2.45, 2.75) is 37.8 Å². The fourth-order valence-electron chi connectivity index (χ4n) is 3.97. The quantitative estimate of drug-likeness (QED) is 0.861. The number of cyclic esters (lactones) is 1. The lowest BCUT2D eigenvalue weighted by atomic mass is 9.96. The predicted molar refractivity (Wildman–Crippen MR) is 87.2 cm³/mol. The first kappa shape index (κ1) is 17.6. The highest BCUT2D eigenvalue weighted by Gasteiger charge is 2.58. The van der Waals surface area contributed by atoms with E-state index in [4.69, 9.17) is 4.74 Å². The molecular weight excluding hydrogens is 367 g/mol. The van der Waals surface area contributed by atoms with Gasteiger partial charge < -0.3 is 15.0 Å². The smallest absolute Gasteiger partial charge is 0.415 e. The summed E-state index contributed by atoms with van der Waals surface area (Å²) < 4.78 is 48.8. The van der Waals surface area contributed by atoms with E-state index in [1.165, 1.54) is 0 Å². The minimum Gasteiger partial charge on any atom is -0.442 e. The highest BCUT2D eigenvalue weighted by atomic mass is 19.3. The van der Waals surface area contributed by atoms with Crippen LogP contribution in [-0.2, 0) is 26.7 Å². The summed E-state index contributed by atoms with van der Waals surface area (Å²) in [7, 11) is 1.09. The van der Waals surface area contributed by atoms with E-state index in [1.807, 2.05) is 0 Å². The van der Waals surface area contributed by atoms with Crippen LogP contribution in [-0.4, -0.2) is 43.6 Å². The number of likely N-dealkylation sites (N-methyl/N-ethyl adjacent to an activating group) is 1. The van der Waals surface area contributed by atoms with Crippen molar-refractivity contribution in [3.05, 3.63) is 23.0 Å². The number of ether oxygens (including phenoxy) is 1. The standard InChI is InChI=1S/C17H16F3N3O4/c1-3-12(24)21-6-11-10-4-7-9(23(10)16(26)27-11)5-8(18)14-13(7)17(19,20)15(25)22(14)2/h5,10-11H,3-4,6H2,1-2H3,(H,21,24)/t10-,11?/m0/s1. The van der Waals surface area contributed by atoms with Crippen LogP contribution < -0.4 is 15.1 Å². The summed E-state index contributed by atoms with van der Waals surface area (Å²) in [6.07, 6.45) is -1.33. The van der Waals surface area contributed by atoms with Crippen molar-refractivity contribution < 1.29 is 32.3 Å². The molecule has 1 unspecified atom stereocenters. The lowest BCUT2D eigenvalue weighted by Crippen LogP contribution is -2.40. The van der Waals surface area contributed by atoms with E-state index in [0.717, 1.165) is 18.0 Å². The van der Waals surface area contributed by atoms with Crippen LogP contribution in [0.4, 0.5) is 29.3 Å². The van der Waals surface area contributed by atoms with Crippen molar-refractivity contribution in [2.75, 3.05) is 23.4 Å². The van der Waals surface area contributed by atoms with Crippen LogP contribution >= 0.6 is 0 Å². The number of nitrogens with one attached hydrogen (secondary N) is 1. The van der Waals surface area contributed by atoms with Gasteiger partial charge in [0.1, 0.15) is 11.9 Å². The Labute approximate surface area is 152 Å². The maximum atomic E-state index is 14.5. The van der Waals surface area contributed by atoms with Gasteiger partial charge in [0.25, 0.3) is 0 Å². The summed E-state index contributed by atoms with van der Waals surface area (Å²) in [6.45, 7) is 1.68. The van der Waals surface area contributed by atoms with Crippen LogP contribution in [0, 0.1) is 5.82 Å². The van der Waals surface area contributed by atoms with Crippen LogP contribution in [0.5, 0.6) is 0 Å². The summed E-state index contributed by atoms with van der Waals surface area (Å²) in [5.41, 5.74) is -1.12. The molecule has 144 valence electrons. The number of amides is 3. The molecule has 0 aromatic heterocycles. The summed E-state index contributed by atoms with van der Waals surface area (Å²) in [6, 6.07) is 0.320. The molecule has 0 radical (unpaired) electrons. The number of hydrogen-bond acceptors (Lipinski definition) is 4. The van der Waals surface area contributed by atoms with Gasteiger partial charge in [-0.05, 0) is 12.0 Å². The Morgan fingerprint density at radius 2 is 2.11 bits per heavy atom. The molecule has 1 N–H and O–H groups in total. The molecule has 1 fully saturated rings. The van der Waals surface area contributed by atoms with Crippen molar-refractivity contribution >= 4 is 29.3 Å². The van der Waals surface area contributed by atoms with E-state index >= 15 is 0 Å². The highest BCUT2D eigenvalue weighted by Crippen LogP contribution is 2.53. The molecule has 1 aromatic rings. The van der Waals surface area contributed by atoms with Crippen LogP contribution in [0.25, 0.3) is 0 Å². The SMILES string of the molecule is CCC(=O)NCC1OC(=O)N2c3cc(F)c4c(c3C[C@@H]12)C(F)(F)C(=O)N4C. The molecule has 0 saturated carbocycles. The van der Waals surface area contributed by atoms with E-state index in [2.05, 4.69) is 5.32 Å². The largest absolute Gasteiger partial charge is 0.442 e. The Hall–Kier alpha value is -2.78. The number of hydrogen-bond donors (Lipinski definition) is 1. The Morgan fingerprint density at radius 1 is 1.41 bits per heavy atom. The second-order valence-corrected chi connectivity index (χ2v) is 6.74. The number of alkyl halides is 2. The molecule has 3 heterocycles. The van der Waals surface area contributed by atoms with Crippen molar-refractivity contribution in [3.8, 4) is 0 Å². The van der Waals surface area contributed by atoms with Gasteiger partial charge in [-0.15, -0.1) is 0 Å². The van der Waals surface area contributed by atoms with Crippen LogP contribution in [0.15, 0.2) is 6.07 Å². The van der Waals surface area contributed by atoms with Crippen LogP contribution in [0.3, 0.4) is 0 Å². The van der Waals surface area contributed by atoms with Gasteiger partial charge in [0, 0.05) is 19.5 Å². The molecule has 7 nitrogen and oxygen atoms in total. The number of halogens is 3. The molecule has 0 spiro atoms. The summed E-state index contributed by atoms with van der Waals surface area (Å²) in [4.78, 5) is 37.3. The molecular formula is C17H16F3N3O4. The molecule has 0 aliphatic carbocycles. The second-order valence-electron chi connectivity index (χ2n) is 6.74. The number of rotatable bonds is 3. The number of carbonyl (C=O) groups is 3. The molecule has 3 aliphatic heterocycles. The molecule has 0 bridgehead atoms. The molecule has 2 atom stereocenters. The Kier molecular flexibility index (Phi) is 3.66. The predicted octanol–water partition coefficient (Wildman–Crippen LogP) is 1.67. The van der Waals surface area contributed by atoms with Crippen molar-refractivity contribution in [3.63, 3.8) is 0 Å².